The van der Waals surface area contributed by atoms with Gasteiger partial charge in [-0.3, -0.25) is 9.71 Å². The summed E-state index contributed by atoms with van der Waals surface area (Å²) in [7, 11) is -3.78. The lowest BCUT2D eigenvalue weighted by Crippen LogP contribution is -2.22. The minimum atomic E-state index is -3.78. The molecule has 0 aliphatic rings. The van der Waals surface area contributed by atoms with Crippen LogP contribution in [0.4, 0.5) is 17.1 Å². The van der Waals surface area contributed by atoms with Crippen molar-refractivity contribution in [1.29, 1.82) is 0 Å². The molecule has 0 saturated carbocycles. The first-order valence-electron chi connectivity index (χ1n) is 10.3. The van der Waals surface area contributed by atoms with Crippen molar-refractivity contribution in [3.05, 3.63) is 108 Å². The molecule has 8 heteroatoms. The predicted molar refractivity (Wildman–Crippen MR) is 133 cm³/mol. The summed E-state index contributed by atoms with van der Waals surface area (Å²) in [6.45, 7) is 0.682. The normalized spacial score (nSPS) is 11.8. The Kier molecular flexibility index (Phi) is 7.07. The van der Waals surface area contributed by atoms with Crippen molar-refractivity contribution in [3.8, 4) is 0 Å². The first-order valence-corrected chi connectivity index (χ1v) is 12.7. The van der Waals surface area contributed by atoms with Crippen LogP contribution >= 0.6 is 11.3 Å². The van der Waals surface area contributed by atoms with Crippen LogP contribution in [0.15, 0.2) is 106 Å². The fourth-order valence-corrected chi connectivity index (χ4v) is 5.32. The van der Waals surface area contributed by atoms with Gasteiger partial charge in [0.05, 0.1) is 17.1 Å². The van der Waals surface area contributed by atoms with E-state index in [4.69, 9.17) is 0 Å². The predicted octanol–water partition coefficient (Wildman–Crippen LogP) is 4.64. The second-order valence-corrected chi connectivity index (χ2v) is 10.0. The molecule has 0 radical (unpaired) electrons. The van der Waals surface area contributed by atoms with Gasteiger partial charge in [-0.15, -0.1) is 11.3 Å². The average molecular weight is 477 g/mol. The molecular formula is C25H22N3O3S2-. The van der Waals surface area contributed by atoms with Gasteiger partial charge in [0.25, 0.3) is 10.0 Å². The van der Waals surface area contributed by atoms with Gasteiger partial charge in [0.1, 0.15) is 4.21 Å². The van der Waals surface area contributed by atoms with Crippen LogP contribution in [-0.2, 0) is 16.4 Å². The van der Waals surface area contributed by atoms with Crippen molar-refractivity contribution in [1.82, 2.24) is 0 Å². The summed E-state index contributed by atoms with van der Waals surface area (Å²) in [6, 6.07) is 27.0. The number of para-hydroxylation sites is 3. The number of hydrogen-bond acceptors (Lipinski definition) is 6. The highest BCUT2D eigenvalue weighted by molar-refractivity contribution is 7.94. The second kappa shape index (κ2) is 10.3. The van der Waals surface area contributed by atoms with E-state index in [0.29, 0.717) is 12.2 Å². The quantitative estimate of drug-likeness (QED) is 0.272. The largest absolute Gasteiger partial charge is 0.858 e. The third kappa shape index (κ3) is 5.79. The summed E-state index contributed by atoms with van der Waals surface area (Å²) in [4.78, 5) is 4.27. The van der Waals surface area contributed by atoms with Crippen LogP contribution in [-0.4, -0.2) is 20.9 Å². The SMILES string of the molecule is O=S(=O)(Nc1ccccc1C([O-])=Nc1ccccc1NCCc1ccccc1)c1cccs1. The highest BCUT2D eigenvalue weighted by atomic mass is 32.2. The van der Waals surface area contributed by atoms with Crippen molar-refractivity contribution in [2.24, 2.45) is 4.99 Å². The number of nitrogens with one attached hydrogen (secondary N) is 2. The van der Waals surface area contributed by atoms with Crippen LogP contribution in [0.3, 0.4) is 0 Å². The van der Waals surface area contributed by atoms with E-state index in [1.807, 2.05) is 30.3 Å². The third-order valence-electron chi connectivity index (χ3n) is 4.86. The first-order chi connectivity index (χ1) is 16.0. The molecule has 6 nitrogen and oxygen atoms in total. The van der Waals surface area contributed by atoms with E-state index in [9.17, 15) is 13.5 Å². The molecule has 0 aliphatic carbocycles. The molecule has 33 heavy (non-hydrogen) atoms. The molecule has 0 amide bonds. The molecule has 2 N–H and O–H groups in total. The Hall–Kier alpha value is -3.62. The van der Waals surface area contributed by atoms with Gasteiger partial charge in [-0.05, 0) is 47.5 Å². The lowest BCUT2D eigenvalue weighted by Gasteiger charge is -2.18. The van der Waals surface area contributed by atoms with Gasteiger partial charge < -0.3 is 10.4 Å². The number of benzene rings is 3. The lowest BCUT2D eigenvalue weighted by molar-refractivity contribution is -0.212. The highest BCUT2D eigenvalue weighted by Gasteiger charge is 2.17. The Morgan fingerprint density at radius 3 is 2.30 bits per heavy atom. The third-order valence-corrected chi connectivity index (χ3v) is 7.62. The monoisotopic (exact) mass is 476 g/mol. The van der Waals surface area contributed by atoms with Gasteiger partial charge in [0.15, 0.2) is 0 Å². The number of rotatable bonds is 9. The molecule has 0 bridgehead atoms. The maximum Gasteiger partial charge on any atom is 0.271 e. The van der Waals surface area contributed by atoms with E-state index in [-0.39, 0.29) is 15.5 Å². The van der Waals surface area contributed by atoms with E-state index in [1.54, 1.807) is 47.8 Å². The molecule has 4 rings (SSSR count). The number of sulfonamides is 1. The van der Waals surface area contributed by atoms with Crippen LogP contribution in [0.5, 0.6) is 0 Å². The van der Waals surface area contributed by atoms with Crippen molar-refractivity contribution in [2.75, 3.05) is 16.6 Å². The molecule has 0 spiro atoms. The van der Waals surface area contributed by atoms with Gasteiger partial charge in [0.2, 0.25) is 0 Å². The molecular weight excluding hydrogens is 454 g/mol. The number of aliphatic imine (C=N–C) groups is 1. The molecule has 0 aliphatic heterocycles. The average Bonchev–Trinajstić information content (AvgIpc) is 3.37. The summed E-state index contributed by atoms with van der Waals surface area (Å²) in [5.41, 5.74) is 2.80. The Balaban J connectivity index is 1.55. The zero-order chi connectivity index (χ0) is 23.1. The van der Waals surface area contributed by atoms with Gasteiger partial charge in [-0.25, -0.2) is 8.42 Å². The van der Waals surface area contributed by atoms with Gasteiger partial charge >= 0.3 is 0 Å². The lowest BCUT2D eigenvalue weighted by atomic mass is 10.1. The highest BCUT2D eigenvalue weighted by Crippen LogP contribution is 2.27. The maximum absolute atomic E-state index is 13.0. The number of thiophene rings is 1. The Labute approximate surface area is 197 Å². The number of hydrogen-bond donors (Lipinski definition) is 2. The summed E-state index contributed by atoms with van der Waals surface area (Å²) in [6.07, 6.45) is 0.830. The Morgan fingerprint density at radius 1 is 0.848 bits per heavy atom. The summed E-state index contributed by atoms with van der Waals surface area (Å²) in [5, 5.41) is 18.0. The Morgan fingerprint density at radius 2 is 1.55 bits per heavy atom. The van der Waals surface area contributed by atoms with E-state index in [0.717, 1.165) is 23.4 Å². The minimum Gasteiger partial charge on any atom is -0.858 e. The van der Waals surface area contributed by atoms with Crippen LogP contribution in [0.1, 0.15) is 11.1 Å². The fourth-order valence-electron chi connectivity index (χ4n) is 3.25. The second-order valence-electron chi connectivity index (χ2n) is 7.18. The fraction of sp³-hybridized carbons (Fsp3) is 0.0800. The minimum absolute atomic E-state index is 0.176. The number of nitrogens with zero attached hydrogens (tertiary/aromatic N) is 1. The summed E-state index contributed by atoms with van der Waals surface area (Å²) in [5.74, 6) is -0.531. The van der Waals surface area contributed by atoms with Crippen molar-refractivity contribution >= 4 is 44.3 Å². The van der Waals surface area contributed by atoms with Crippen LogP contribution in [0, 0.1) is 0 Å². The summed E-state index contributed by atoms with van der Waals surface area (Å²) >= 11 is 1.11. The van der Waals surface area contributed by atoms with E-state index >= 15 is 0 Å². The van der Waals surface area contributed by atoms with Gasteiger partial charge in [0, 0.05) is 12.1 Å². The van der Waals surface area contributed by atoms with Crippen LogP contribution < -0.4 is 15.1 Å². The first kappa shape index (κ1) is 22.6. The molecule has 0 atom stereocenters. The zero-order valence-electron chi connectivity index (χ0n) is 17.6. The molecule has 1 heterocycles. The molecule has 0 fully saturated rings. The van der Waals surface area contributed by atoms with Crippen LogP contribution in [0.25, 0.3) is 0 Å². The molecule has 0 saturated heterocycles. The molecule has 0 unspecified atom stereocenters. The van der Waals surface area contributed by atoms with Crippen molar-refractivity contribution in [2.45, 2.75) is 10.6 Å². The maximum atomic E-state index is 13.0. The summed E-state index contributed by atoms with van der Waals surface area (Å²) < 4.78 is 27.9. The Bertz CT molecular complexity index is 1340. The van der Waals surface area contributed by atoms with E-state index in [2.05, 4.69) is 27.2 Å². The number of anilines is 2. The smallest absolute Gasteiger partial charge is 0.271 e. The van der Waals surface area contributed by atoms with E-state index < -0.39 is 15.9 Å². The molecule has 168 valence electrons. The van der Waals surface area contributed by atoms with Crippen molar-refractivity contribution < 1.29 is 13.5 Å². The van der Waals surface area contributed by atoms with Crippen LogP contribution in [0.2, 0.25) is 0 Å². The van der Waals surface area contributed by atoms with Crippen molar-refractivity contribution in [3.63, 3.8) is 0 Å². The standard InChI is InChI=1S/C25H23N3O3S2/c29-25(20-11-4-5-12-21(20)28-33(30,31)24-15-8-18-32-24)27-23-14-7-6-13-22(23)26-17-16-19-9-2-1-3-10-19/h1-15,18,26,28H,16-17H2,(H,27,29)/p-1. The van der Waals surface area contributed by atoms with E-state index in [1.165, 1.54) is 11.6 Å². The topological polar surface area (TPSA) is 93.6 Å². The molecule has 1 aromatic heterocycles. The molecule has 3 aromatic carbocycles. The van der Waals surface area contributed by atoms with Gasteiger partial charge in [-0.1, -0.05) is 66.7 Å². The van der Waals surface area contributed by atoms with Gasteiger partial charge in [-0.2, -0.15) is 0 Å². The molecule has 4 aromatic rings. The zero-order valence-corrected chi connectivity index (χ0v) is 19.3.